The Labute approximate surface area is 133 Å². The number of nitrogens with one attached hydrogen (secondary N) is 2. The number of guanidine groups is 1. The van der Waals surface area contributed by atoms with Crippen molar-refractivity contribution in [3.8, 4) is 0 Å². The van der Waals surface area contributed by atoms with Gasteiger partial charge in [-0.2, -0.15) is 11.8 Å². The van der Waals surface area contributed by atoms with Crippen LogP contribution in [0.3, 0.4) is 0 Å². The molecule has 0 aromatic carbocycles. The molecule has 0 aromatic rings. The van der Waals surface area contributed by atoms with Crippen LogP contribution < -0.4 is 10.6 Å². The molecule has 1 saturated carbocycles. The van der Waals surface area contributed by atoms with E-state index in [0.717, 1.165) is 38.3 Å². The molecule has 0 aromatic heterocycles. The Morgan fingerprint density at radius 1 is 1.19 bits per heavy atom. The van der Waals surface area contributed by atoms with Crippen molar-refractivity contribution in [3.05, 3.63) is 0 Å². The van der Waals surface area contributed by atoms with Crippen LogP contribution in [0.2, 0.25) is 0 Å². The van der Waals surface area contributed by atoms with Crippen molar-refractivity contribution < 1.29 is 5.11 Å². The number of aliphatic hydroxyl groups excluding tert-OH is 1. The van der Waals surface area contributed by atoms with E-state index in [1.807, 2.05) is 7.05 Å². The maximum absolute atomic E-state index is 10.3. The van der Waals surface area contributed by atoms with Gasteiger partial charge in [-0.25, -0.2) is 0 Å². The fourth-order valence-corrected chi connectivity index (χ4v) is 4.59. The first-order valence-corrected chi connectivity index (χ1v) is 9.23. The quantitative estimate of drug-likeness (QED) is 0.551. The lowest BCUT2D eigenvalue weighted by molar-refractivity contribution is 0.00397. The second-order valence-corrected chi connectivity index (χ2v) is 8.78. The number of hydrogen-bond donors (Lipinski definition) is 3. The van der Waals surface area contributed by atoms with Crippen molar-refractivity contribution in [1.82, 2.24) is 10.6 Å². The molecule has 5 heteroatoms. The normalized spacial score (nSPS) is 37.5. The molecule has 1 heterocycles. The van der Waals surface area contributed by atoms with Crippen LogP contribution in [0.4, 0.5) is 0 Å². The summed E-state index contributed by atoms with van der Waals surface area (Å²) in [4.78, 5) is 4.32. The van der Waals surface area contributed by atoms with Gasteiger partial charge in [0.05, 0.1) is 6.10 Å². The Balaban J connectivity index is 1.79. The molecule has 3 N–H and O–H groups in total. The van der Waals surface area contributed by atoms with E-state index in [1.165, 1.54) is 25.0 Å². The third kappa shape index (κ3) is 4.52. The third-order valence-electron chi connectivity index (χ3n) is 5.09. The van der Waals surface area contributed by atoms with Crippen LogP contribution in [0.25, 0.3) is 0 Å². The summed E-state index contributed by atoms with van der Waals surface area (Å²) >= 11 is 2.06. The molecule has 2 aliphatic rings. The third-order valence-corrected chi connectivity index (χ3v) is 6.63. The highest BCUT2D eigenvalue weighted by molar-refractivity contribution is 8.00. The van der Waals surface area contributed by atoms with E-state index >= 15 is 0 Å². The maximum atomic E-state index is 10.3. The summed E-state index contributed by atoms with van der Waals surface area (Å²) in [6.45, 7) is 6.26. The first-order valence-electron chi connectivity index (χ1n) is 8.24. The van der Waals surface area contributed by atoms with Crippen LogP contribution in [0.1, 0.15) is 52.4 Å². The molecule has 0 radical (unpaired) electrons. The molecule has 122 valence electrons. The molecule has 3 unspecified atom stereocenters. The number of aliphatic imine (C=N–C) groups is 1. The minimum Gasteiger partial charge on any atom is -0.392 e. The van der Waals surface area contributed by atoms with Gasteiger partial charge in [-0.05, 0) is 38.4 Å². The topological polar surface area (TPSA) is 56.7 Å². The summed E-state index contributed by atoms with van der Waals surface area (Å²) in [6.07, 6.45) is 6.79. The molecule has 3 atom stereocenters. The van der Waals surface area contributed by atoms with E-state index in [1.54, 1.807) is 0 Å². The van der Waals surface area contributed by atoms with Crippen molar-refractivity contribution >= 4 is 17.7 Å². The average Bonchev–Trinajstić information content (AvgIpc) is 2.90. The zero-order valence-corrected chi connectivity index (χ0v) is 14.6. The monoisotopic (exact) mass is 313 g/mol. The van der Waals surface area contributed by atoms with E-state index in [2.05, 4.69) is 41.2 Å². The summed E-state index contributed by atoms with van der Waals surface area (Å²) < 4.78 is 0.339. The van der Waals surface area contributed by atoms with E-state index in [4.69, 9.17) is 0 Å². The summed E-state index contributed by atoms with van der Waals surface area (Å²) in [5.74, 6) is 2.14. The molecule has 2 fully saturated rings. The molecule has 1 aliphatic heterocycles. The van der Waals surface area contributed by atoms with Crippen molar-refractivity contribution in [2.24, 2.45) is 10.4 Å². The van der Waals surface area contributed by atoms with Crippen molar-refractivity contribution in [2.45, 2.75) is 63.2 Å². The lowest BCUT2D eigenvalue weighted by Crippen LogP contribution is -2.50. The average molecular weight is 314 g/mol. The lowest BCUT2D eigenvalue weighted by atomic mass is 9.73. The molecule has 1 saturated heterocycles. The van der Waals surface area contributed by atoms with Crippen LogP contribution in [-0.2, 0) is 0 Å². The second-order valence-electron chi connectivity index (χ2n) is 7.10. The minimum absolute atomic E-state index is 0.0259. The number of rotatable bonds is 4. The van der Waals surface area contributed by atoms with Gasteiger partial charge in [0.2, 0.25) is 0 Å². The summed E-state index contributed by atoms with van der Waals surface area (Å²) in [6, 6.07) is 0. The van der Waals surface area contributed by atoms with Gasteiger partial charge in [0.25, 0.3) is 0 Å². The molecule has 0 bridgehead atoms. The highest BCUT2D eigenvalue weighted by atomic mass is 32.2. The molecule has 0 spiro atoms. The van der Waals surface area contributed by atoms with Crippen LogP contribution in [0.15, 0.2) is 4.99 Å². The molecule has 1 aliphatic carbocycles. The molecule has 0 amide bonds. The van der Waals surface area contributed by atoms with Crippen LogP contribution in [-0.4, -0.2) is 47.8 Å². The van der Waals surface area contributed by atoms with E-state index in [0.29, 0.717) is 4.75 Å². The van der Waals surface area contributed by atoms with E-state index in [-0.39, 0.29) is 11.5 Å². The molecular weight excluding hydrogens is 282 g/mol. The molecular formula is C16H31N3OS. The first kappa shape index (κ1) is 16.9. The van der Waals surface area contributed by atoms with Gasteiger partial charge in [-0.1, -0.05) is 19.8 Å². The van der Waals surface area contributed by atoms with Gasteiger partial charge in [0.1, 0.15) is 0 Å². The fraction of sp³-hybridized carbons (Fsp3) is 0.938. The number of thioether (sulfide) groups is 1. The number of nitrogens with zero attached hydrogens (tertiary/aromatic N) is 1. The molecule has 4 nitrogen and oxygen atoms in total. The largest absolute Gasteiger partial charge is 0.392 e. The Hall–Kier alpha value is -0.420. The Morgan fingerprint density at radius 3 is 2.57 bits per heavy atom. The predicted octanol–water partition coefficient (Wildman–Crippen LogP) is 2.38. The van der Waals surface area contributed by atoms with Gasteiger partial charge < -0.3 is 15.7 Å². The lowest BCUT2D eigenvalue weighted by Gasteiger charge is -2.39. The SMILES string of the molecule is CN=C(NCC1(C)CCCS1)NCC1(C)CCCCC1O. The van der Waals surface area contributed by atoms with E-state index < -0.39 is 0 Å². The predicted molar refractivity (Wildman–Crippen MR) is 92.0 cm³/mol. The van der Waals surface area contributed by atoms with Crippen LogP contribution >= 0.6 is 11.8 Å². The van der Waals surface area contributed by atoms with Gasteiger partial charge >= 0.3 is 0 Å². The van der Waals surface area contributed by atoms with Crippen LogP contribution in [0.5, 0.6) is 0 Å². The zero-order chi connectivity index (χ0) is 15.3. The molecule has 2 rings (SSSR count). The minimum atomic E-state index is -0.195. The van der Waals surface area contributed by atoms with Gasteiger partial charge in [0.15, 0.2) is 5.96 Å². The Morgan fingerprint density at radius 2 is 1.95 bits per heavy atom. The van der Waals surface area contributed by atoms with Gasteiger partial charge in [-0.3, -0.25) is 4.99 Å². The highest BCUT2D eigenvalue weighted by Crippen LogP contribution is 2.37. The second kappa shape index (κ2) is 7.23. The summed E-state index contributed by atoms with van der Waals surface area (Å²) in [5.41, 5.74) is -0.0259. The van der Waals surface area contributed by atoms with Crippen molar-refractivity contribution in [1.29, 1.82) is 0 Å². The van der Waals surface area contributed by atoms with Crippen LogP contribution in [0, 0.1) is 5.41 Å². The smallest absolute Gasteiger partial charge is 0.191 e. The van der Waals surface area contributed by atoms with Gasteiger partial charge in [0, 0.05) is 30.3 Å². The Kier molecular flexibility index (Phi) is 5.83. The van der Waals surface area contributed by atoms with Crippen molar-refractivity contribution in [3.63, 3.8) is 0 Å². The molecule has 21 heavy (non-hydrogen) atoms. The number of hydrogen-bond acceptors (Lipinski definition) is 3. The number of aliphatic hydroxyl groups is 1. The van der Waals surface area contributed by atoms with E-state index in [9.17, 15) is 5.11 Å². The fourth-order valence-electron chi connectivity index (χ4n) is 3.34. The maximum Gasteiger partial charge on any atom is 0.191 e. The van der Waals surface area contributed by atoms with Crippen molar-refractivity contribution in [2.75, 3.05) is 25.9 Å². The zero-order valence-electron chi connectivity index (χ0n) is 13.7. The summed E-state index contributed by atoms with van der Waals surface area (Å²) in [5, 5.41) is 17.1. The van der Waals surface area contributed by atoms with Gasteiger partial charge in [-0.15, -0.1) is 0 Å². The summed E-state index contributed by atoms with van der Waals surface area (Å²) in [7, 11) is 1.82. The standard InChI is InChI=1S/C16H31N3OS/c1-15(8-5-4-7-13(15)20)11-18-14(17-3)19-12-16(2)9-6-10-21-16/h13,20H,4-12H2,1-3H3,(H2,17,18,19). The highest BCUT2D eigenvalue weighted by Gasteiger charge is 2.35. The first-order chi connectivity index (χ1) is 9.97. The Bertz CT molecular complexity index is 369.